The molecule has 100 valence electrons. The Balaban J connectivity index is 2.39. The first kappa shape index (κ1) is 13.3. The van der Waals surface area contributed by atoms with Gasteiger partial charge < -0.3 is 0 Å². The SMILES string of the molecule is CC(C)Cc1nn(C2CCCC2)c(Cl)c1[N+](=O)[O-]. The Hall–Kier alpha value is -1.10. The van der Waals surface area contributed by atoms with Crippen molar-refractivity contribution in [1.82, 2.24) is 9.78 Å². The van der Waals surface area contributed by atoms with E-state index in [9.17, 15) is 10.1 Å². The lowest BCUT2D eigenvalue weighted by atomic mass is 10.1. The number of halogens is 1. The molecule has 0 saturated heterocycles. The Morgan fingerprint density at radius 2 is 2.11 bits per heavy atom. The van der Waals surface area contributed by atoms with E-state index in [2.05, 4.69) is 5.10 Å². The number of aromatic nitrogens is 2. The molecule has 6 heteroatoms. The molecule has 1 aliphatic carbocycles. The highest BCUT2D eigenvalue weighted by atomic mass is 35.5. The second kappa shape index (κ2) is 5.26. The highest BCUT2D eigenvalue weighted by Crippen LogP contribution is 2.37. The maximum atomic E-state index is 11.1. The fourth-order valence-corrected chi connectivity index (χ4v) is 2.90. The maximum Gasteiger partial charge on any atom is 0.329 e. The van der Waals surface area contributed by atoms with Gasteiger partial charge in [0.1, 0.15) is 5.69 Å². The molecule has 1 heterocycles. The Bertz CT molecular complexity index is 450. The van der Waals surface area contributed by atoms with Crippen LogP contribution in [0.3, 0.4) is 0 Å². The minimum atomic E-state index is -0.404. The fraction of sp³-hybridized carbons (Fsp3) is 0.750. The second-order valence-corrected chi connectivity index (χ2v) is 5.68. The topological polar surface area (TPSA) is 61.0 Å². The van der Waals surface area contributed by atoms with Crippen molar-refractivity contribution in [3.63, 3.8) is 0 Å². The van der Waals surface area contributed by atoms with E-state index >= 15 is 0 Å². The molecular formula is C12H18ClN3O2. The van der Waals surface area contributed by atoms with Crippen LogP contribution >= 0.6 is 11.6 Å². The average Bonchev–Trinajstić information content (AvgIpc) is 2.84. The largest absolute Gasteiger partial charge is 0.329 e. The summed E-state index contributed by atoms with van der Waals surface area (Å²) in [6.07, 6.45) is 4.91. The molecule has 5 nitrogen and oxygen atoms in total. The number of nitrogens with zero attached hydrogens (tertiary/aromatic N) is 3. The lowest BCUT2D eigenvalue weighted by molar-refractivity contribution is -0.385. The van der Waals surface area contributed by atoms with Crippen LogP contribution in [0.1, 0.15) is 51.3 Å². The van der Waals surface area contributed by atoms with Crippen molar-refractivity contribution >= 4 is 17.3 Å². The quantitative estimate of drug-likeness (QED) is 0.619. The fourth-order valence-electron chi connectivity index (χ4n) is 2.54. The van der Waals surface area contributed by atoms with Crippen LogP contribution in [0.4, 0.5) is 5.69 Å². The lowest BCUT2D eigenvalue weighted by Crippen LogP contribution is -2.07. The third-order valence-electron chi connectivity index (χ3n) is 3.35. The number of rotatable bonds is 4. The molecule has 2 rings (SSSR count). The minimum Gasteiger partial charge on any atom is -0.258 e. The minimum absolute atomic E-state index is 0.00253. The molecule has 1 saturated carbocycles. The number of hydrogen-bond donors (Lipinski definition) is 0. The summed E-state index contributed by atoms with van der Waals surface area (Å²) in [4.78, 5) is 10.7. The third-order valence-corrected chi connectivity index (χ3v) is 3.71. The van der Waals surface area contributed by atoms with Crippen molar-refractivity contribution in [2.75, 3.05) is 0 Å². The molecule has 0 N–H and O–H groups in total. The van der Waals surface area contributed by atoms with Crippen LogP contribution in [0.5, 0.6) is 0 Å². The maximum absolute atomic E-state index is 11.1. The van der Waals surface area contributed by atoms with Gasteiger partial charge in [-0.05, 0) is 18.8 Å². The molecule has 0 bridgehead atoms. The predicted molar refractivity (Wildman–Crippen MR) is 69.9 cm³/mol. The highest BCUT2D eigenvalue weighted by Gasteiger charge is 2.30. The summed E-state index contributed by atoms with van der Waals surface area (Å²) < 4.78 is 1.67. The molecule has 1 fully saturated rings. The smallest absolute Gasteiger partial charge is 0.258 e. The molecule has 0 aliphatic heterocycles. The van der Waals surface area contributed by atoms with Crippen LogP contribution in [0, 0.1) is 16.0 Å². The first-order chi connectivity index (χ1) is 8.50. The monoisotopic (exact) mass is 271 g/mol. The molecule has 0 amide bonds. The van der Waals surface area contributed by atoms with Crippen LogP contribution in [-0.2, 0) is 6.42 Å². The van der Waals surface area contributed by atoms with E-state index in [-0.39, 0.29) is 16.9 Å². The first-order valence-corrected chi connectivity index (χ1v) is 6.79. The Labute approximate surface area is 111 Å². The molecule has 0 aromatic carbocycles. The van der Waals surface area contributed by atoms with Crippen LogP contribution in [0.2, 0.25) is 5.15 Å². The van der Waals surface area contributed by atoms with E-state index in [4.69, 9.17) is 11.6 Å². The average molecular weight is 272 g/mol. The summed E-state index contributed by atoms with van der Waals surface area (Å²) >= 11 is 6.15. The molecule has 18 heavy (non-hydrogen) atoms. The number of hydrogen-bond acceptors (Lipinski definition) is 3. The number of nitro groups is 1. The molecule has 0 atom stereocenters. The van der Waals surface area contributed by atoms with Gasteiger partial charge in [0.15, 0.2) is 0 Å². The predicted octanol–water partition coefficient (Wildman–Crippen LogP) is 3.76. The van der Waals surface area contributed by atoms with Crippen LogP contribution < -0.4 is 0 Å². The van der Waals surface area contributed by atoms with Crippen LogP contribution in [0.15, 0.2) is 0 Å². The van der Waals surface area contributed by atoms with E-state index in [0.29, 0.717) is 18.0 Å². The first-order valence-electron chi connectivity index (χ1n) is 6.42. The van der Waals surface area contributed by atoms with Gasteiger partial charge in [-0.25, -0.2) is 4.68 Å². The zero-order chi connectivity index (χ0) is 13.3. The van der Waals surface area contributed by atoms with E-state index in [0.717, 1.165) is 25.7 Å². The second-order valence-electron chi connectivity index (χ2n) is 5.32. The van der Waals surface area contributed by atoms with E-state index < -0.39 is 4.92 Å². The van der Waals surface area contributed by atoms with Crippen molar-refractivity contribution in [1.29, 1.82) is 0 Å². The Kier molecular flexibility index (Phi) is 3.90. The van der Waals surface area contributed by atoms with Gasteiger partial charge in [-0.2, -0.15) is 5.10 Å². The summed E-state index contributed by atoms with van der Waals surface area (Å²) in [6, 6.07) is 0.233. The van der Waals surface area contributed by atoms with Crippen molar-refractivity contribution in [2.24, 2.45) is 5.92 Å². The van der Waals surface area contributed by atoms with Crippen molar-refractivity contribution < 1.29 is 4.92 Å². The standard InChI is InChI=1S/C12H18ClN3O2/c1-8(2)7-10-11(16(17)18)12(13)15(14-10)9-5-3-4-6-9/h8-9H,3-7H2,1-2H3. The third kappa shape index (κ3) is 2.51. The highest BCUT2D eigenvalue weighted by molar-refractivity contribution is 6.31. The van der Waals surface area contributed by atoms with Gasteiger partial charge in [0, 0.05) is 6.42 Å². The van der Waals surface area contributed by atoms with Crippen LogP contribution in [0.25, 0.3) is 0 Å². The summed E-state index contributed by atoms with van der Waals surface area (Å²) in [5.41, 5.74) is 0.518. The summed E-state index contributed by atoms with van der Waals surface area (Å²) in [6.45, 7) is 4.04. The van der Waals surface area contributed by atoms with Gasteiger partial charge in [0.25, 0.3) is 0 Å². The van der Waals surface area contributed by atoms with Gasteiger partial charge in [-0.3, -0.25) is 10.1 Å². The molecule has 0 radical (unpaired) electrons. The molecule has 1 aliphatic rings. The molecule has 0 spiro atoms. The molecule has 1 aromatic heterocycles. The van der Waals surface area contributed by atoms with Crippen molar-refractivity contribution in [2.45, 2.75) is 52.0 Å². The van der Waals surface area contributed by atoms with Gasteiger partial charge in [0.05, 0.1) is 11.0 Å². The van der Waals surface area contributed by atoms with Gasteiger partial charge in [0.2, 0.25) is 5.15 Å². The van der Waals surface area contributed by atoms with E-state index in [1.54, 1.807) is 4.68 Å². The lowest BCUT2D eigenvalue weighted by Gasteiger charge is -2.09. The zero-order valence-electron chi connectivity index (χ0n) is 10.7. The van der Waals surface area contributed by atoms with E-state index in [1.165, 1.54) is 0 Å². The van der Waals surface area contributed by atoms with Gasteiger partial charge >= 0.3 is 5.69 Å². The van der Waals surface area contributed by atoms with Gasteiger partial charge in [-0.15, -0.1) is 0 Å². The zero-order valence-corrected chi connectivity index (χ0v) is 11.5. The van der Waals surface area contributed by atoms with Crippen molar-refractivity contribution in [3.8, 4) is 0 Å². The molecule has 1 aromatic rings. The van der Waals surface area contributed by atoms with Crippen molar-refractivity contribution in [3.05, 3.63) is 21.0 Å². The molecular weight excluding hydrogens is 254 g/mol. The summed E-state index contributed by atoms with van der Waals surface area (Å²) in [5.74, 6) is 0.326. The van der Waals surface area contributed by atoms with Gasteiger partial charge in [-0.1, -0.05) is 38.3 Å². The van der Waals surface area contributed by atoms with Crippen LogP contribution in [-0.4, -0.2) is 14.7 Å². The summed E-state index contributed by atoms with van der Waals surface area (Å²) in [5, 5.41) is 15.7. The van der Waals surface area contributed by atoms with E-state index in [1.807, 2.05) is 13.8 Å². The normalized spacial score (nSPS) is 16.7. The molecule has 0 unspecified atom stereocenters. The Morgan fingerprint density at radius 1 is 1.50 bits per heavy atom. The summed E-state index contributed by atoms with van der Waals surface area (Å²) in [7, 11) is 0. The Morgan fingerprint density at radius 3 is 2.61 bits per heavy atom.